The molecule has 1 atom stereocenters. The Balaban J connectivity index is 1.86. The van der Waals surface area contributed by atoms with Gasteiger partial charge in [-0.25, -0.2) is 0 Å². The molecular weight excluding hydrogens is 186 g/mol. The molecule has 1 aliphatic heterocycles. The Morgan fingerprint density at radius 1 is 1.64 bits per heavy atom. The van der Waals surface area contributed by atoms with E-state index in [0.717, 1.165) is 6.54 Å². The van der Waals surface area contributed by atoms with Crippen molar-refractivity contribution in [1.29, 1.82) is 0 Å². The molecule has 2 rings (SSSR count). The molecule has 1 unspecified atom stereocenters. The van der Waals surface area contributed by atoms with E-state index in [-0.39, 0.29) is 12.7 Å². The number of morpholine rings is 1. The molecule has 14 heavy (non-hydrogen) atoms. The van der Waals surface area contributed by atoms with Crippen molar-refractivity contribution >= 4 is 0 Å². The molecule has 0 aromatic carbocycles. The van der Waals surface area contributed by atoms with E-state index in [4.69, 9.17) is 14.4 Å². The summed E-state index contributed by atoms with van der Waals surface area (Å²) in [5.74, 6) is 0.601. The molecule has 78 valence electrons. The second kappa shape index (κ2) is 4.50. The van der Waals surface area contributed by atoms with Crippen LogP contribution in [0.1, 0.15) is 5.89 Å². The van der Waals surface area contributed by atoms with Crippen molar-refractivity contribution in [3.8, 4) is 0 Å². The lowest BCUT2D eigenvalue weighted by Crippen LogP contribution is -2.43. The first-order valence-electron chi connectivity index (χ1n) is 4.59. The lowest BCUT2D eigenvalue weighted by molar-refractivity contribution is -0.0571. The van der Waals surface area contributed by atoms with Gasteiger partial charge in [0, 0.05) is 13.1 Å². The molecule has 0 spiro atoms. The van der Waals surface area contributed by atoms with Gasteiger partial charge < -0.3 is 14.4 Å². The van der Waals surface area contributed by atoms with Crippen molar-refractivity contribution in [2.45, 2.75) is 12.6 Å². The maximum absolute atomic E-state index is 8.93. The van der Waals surface area contributed by atoms with Crippen LogP contribution in [0.4, 0.5) is 0 Å². The van der Waals surface area contributed by atoms with Gasteiger partial charge >= 0.3 is 0 Å². The van der Waals surface area contributed by atoms with Gasteiger partial charge in [0.2, 0.25) is 5.89 Å². The third kappa shape index (κ3) is 2.28. The number of aliphatic hydroxyl groups is 1. The van der Waals surface area contributed by atoms with Crippen molar-refractivity contribution < 1.29 is 14.4 Å². The van der Waals surface area contributed by atoms with Crippen molar-refractivity contribution in [2.24, 2.45) is 0 Å². The zero-order chi connectivity index (χ0) is 9.80. The fourth-order valence-electron chi connectivity index (χ4n) is 1.49. The summed E-state index contributed by atoms with van der Waals surface area (Å²) in [6.45, 7) is 2.86. The van der Waals surface area contributed by atoms with Gasteiger partial charge in [-0.3, -0.25) is 4.90 Å². The highest BCUT2D eigenvalue weighted by Crippen LogP contribution is 2.07. The van der Waals surface area contributed by atoms with Crippen molar-refractivity contribution in [1.82, 2.24) is 15.0 Å². The lowest BCUT2D eigenvalue weighted by Gasteiger charge is -2.30. The van der Waals surface area contributed by atoms with Crippen LogP contribution in [0.2, 0.25) is 0 Å². The van der Waals surface area contributed by atoms with Crippen molar-refractivity contribution in [3.05, 3.63) is 12.2 Å². The normalized spacial score (nSPS) is 23.9. The van der Waals surface area contributed by atoms with E-state index < -0.39 is 0 Å². The average molecular weight is 199 g/mol. The lowest BCUT2D eigenvalue weighted by atomic mass is 10.3. The van der Waals surface area contributed by atoms with Crippen LogP contribution < -0.4 is 0 Å². The summed E-state index contributed by atoms with van der Waals surface area (Å²) in [5, 5.41) is 12.5. The topological polar surface area (TPSA) is 71.6 Å². The van der Waals surface area contributed by atoms with Crippen molar-refractivity contribution in [3.63, 3.8) is 0 Å². The van der Waals surface area contributed by atoms with E-state index in [9.17, 15) is 0 Å². The van der Waals surface area contributed by atoms with Crippen molar-refractivity contribution in [2.75, 3.05) is 26.3 Å². The number of ether oxygens (including phenoxy) is 1. The maximum Gasteiger partial charge on any atom is 0.240 e. The minimum atomic E-state index is -0.0910. The monoisotopic (exact) mass is 199 g/mol. The average Bonchev–Trinajstić information content (AvgIpc) is 2.71. The molecule has 2 heterocycles. The molecule has 0 saturated carbocycles. The number of hydrogen-bond acceptors (Lipinski definition) is 6. The summed E-state index contributed by atoms with van der Waals surface area (Å²) < 4.78 is 10.2. The highest BCUT2D eigenvalue weighted by atomic mass is 16.5. The summed E-state index contributed by atoms with van der Waals surface area (Å²) in [5.41, 5.74) is 0. The molecular formula is C8H13N3O3. The van der Waals surface area contributed by atoms with Gasteiger partial charge in [0.15, 0.2) is 6.33 Å². The minimum Gasteiger partial charge on any atom is -0.394 e. The maximum atomic E-state index is 8.93. The second-order valence-corrected chi connectivity index (χ2v) is 3.25. The molecule has 0 amide bonds. The number of hydrogen-bond donors (Lipinski definition) is 1. The molecule has 1 aromatic heterocycles. The third-order valence-corrected chi connectivity index (χ3v) is 2.19. The Morgan fingerprint density at radius 2 is 2.57 bits per heavy atom. The quantitative estimate of drug-likeness (QED) is 0.691. The Hall–Kier alpha value is -0.980. The number of aromatic nitrogens is 2. The van der Waals surface area contributed by atoms with E-state index >= 15 is 0 Å². The Kier molecular flexibility index (Phi) is 3.07. The molecule has 1 saturated heterocycles. The fourth-order valence-corrected chi connectivity index (χ4v) is 1.49. The van der Waals surface area contributed by atoms with Crippen LogP contribution in [-0.4, -0.2) is 52.6 Å². The van der Waals surface area contributed by atoms with Gasteiger partial charge in [-0.05, 0) is 0 Å². The molecule has 0 aliphatic carbocycles. The number of nitrogens with zero attached hydrogens (tertiary/aromatic N) is 3. The molecule has 1 aromatic rings. The van der Waals surface area contributed by atoms with Gasteiger partial charge in [0.25, 0.3) is 0 Å². The van der Waals surface area contributed by atoms with E-state index in [1.54, 1.807) is 0 Å². The zero-order valence-corrected chi connectivity index (χ0v) is 7.80. The Bertz CT molecular complexity index is 265. The van der Waals surface area contributed by atoms with Crippen LogP contribution in [-0.2, 0) is 11.3 Å². The fraction of sp³-hybridized carbons (Fsp3) is 0.750. The summed E-state index contributed by atoms with van der Waals surface area (Å²) in [4.78, 5) is 6.06. The molecule has 0 radical (unpaired) electrons. The highest BCUT2D eigenvalue weighted by molar-refractivity contribution is 4.78. The van der Waals surface area contributed by atoms with Gasteiger partial charge in [-0.15, -0.1) is 0 Å². The minimum absolute atomic E-state index is 0.0559. The third-order valence-electron chi connectivity index (χ3n) is 2.19. The summed E-state index contributed by atoms with van der Waals surface area (Å²) in [6, 6.07) is 0. The van der Waals surface area contributed by atoms with Crippen LogP contribution in [0.15, 0.2) is 10.9 Å². The molecule has 6 nitrogen and oxygen atoms in total. The predicted octanol–water partition coefficient (Wildman–Crippen LogP) is -0.737. The molecule has 1 aliphatic rings. The SMILES string of the molecule is OCC1CN(Cc2ncno2)CCO1. The number of aliphatic hydroxyl groups excluding tert-OH is 1. The van der Waals surface area contributed by atoms with Gasteiger partial charge in [-0.2, -0.15) is 4.98 Å². The largest absolute Gasteiger partial charge is 0.394 e. The second-order valence-electron chi connectivity index (χ2n) is 3.25. The van der Waals surface area contributed by atoms with Crippen LogP contribution in [0.5, 0.6) is 0 Å². The summed E-state index contributed by atoms with van der Waals surface area (Å²) in [6.07, 6.45) is 1.30. The van der Waals surface area contributed by atoms with Gasteiger partial charge in [-0.1, -0.05) is 5.16 Å². The van der Waals surface area contributed by atoms with Gasteiger partial charge in [0.05, 0.1) is 25.9 Å². The van der Waals surface area contributed by atoms with E-state index in [2.05, 4.69) is 15.0 Å². The predicted molar refractivity (Wildman–Crippen MR) is 46.4 cm³/mol. The summed E-state index contributed by atoms with van der Waals surface area (Å²) >= 11 is 0. The first-order valence-corrected chi connectivity index (χ1v) is 4.59. The first kappa shape index (κ1) is 9.57. The standard InChI is InChI=1S/C8H13N3O3/c12-5-7-3-11(1-2-13-7)4-8-9-6-10-14-8/h6-7,12H,1-5H2. The smallest absolute Gasteiger partial charge is 0.240 e. The first-order chi connectivity index (χ1) is 6.88. The van der Waals surface area contributed by atoms with Crippen LogP contribution >= 0.6 is 0 Å². The number of rotatable bonds is 3. The molecule has 1 fully saturated rings. The van der Waals surface area contributed by atoms with E-state index in [1.165, 1.54) is 6.33 Å². The Morgan fingerprint density at radius 3 is 3.29 bits per heavy atom. The van der Waals surface area contributed by atoms with Crippen LogP contribution in [0.3, 0.4) is 0 Å². The molecule has 0 bridgehead atoms. The van der Waals surface area contributed by atoms with E-state index in [0.29, 0.717) is 25.6 Å². The molecule has 6 heteroatoms. The summed E-state index contributed by atoms with van der Waals surface area (Å²) in [7, 11) is 0. The van der Waals surface area contributed by atoms with Gasteiger partial charge in [0.1, 0.15) is 0 Å². The van der Waals surface area contributed by atoms with Crippen LogP contribution in [0.25, 0.3) is 0 Å². The van der Waals surface area contributed by atoms with E-state index in [1.807, 2.05) is 0 Å². The highest BCUT2D eigenvalue weighted by Gasteiger charge is 2.20. The van der Waals surface area contributed by atoms with Crippen LogP contribution in [0, 0.1) is 0 Å². The molecule has 1 N–H and O–H groups in total. The Labute approximate surface area is 81.5 Å². The zero-order valence-electron chi connectivity index (χ0n) is 7.80.